The quantitative estimate of drug-likeness (QED) is 0.799. The molecule has 1 aromatic rings. The van der Waals surface area contributed by atoms with E-state index in [4.69, 9.17) is 0 Å². The number of hydrogen-bond acceptors (Lipinski definition) is 2. The maximum atomic E-state index is 3.58. The molecule has 2 rings (SSSR count). The van der Waals surface area contributed by atoms with Crippen LogP contribution >= 0.6 is 11.3 Å². The second kappa shape index (κ2) is 7.30. The van der Waals surface area contributed by atoms with Crippen molar-refractivity contribution in [2.45, 2.75) is 57.9 Å². The Bertz CT molecular complexity index is 320. The third kappa shape index (κ3) is 3.83. The highest BCUT2D eigenvalue weighted by molar-refractivity contribution is 7.09. The molecule has 1 heterocycles. The Kier molecular flexibility index (Phi) is 5.71. The molecule has 0 aromatic carbocycles. The SMILES string of the molecule is CCC1CCCC(C(CCc2cccs2)NC)C1. The lowest BCUT2D eigenvalue weighted by Crippen LogP contribution is -2.36. The van der Waals surface area contributed by atoms with Crippen LogP contribution in [0.3, 0.4) is 0 Å². The number of thiophene rings is 1. The standard InChI is InChI=1S/C16H27NS/c1-3-13-6-4-7-14(12-13)16(17-2)10-9-15-8-5-11-18-15/h5,8,11,13-14,16-17H,3-4,6-7,9-10,12H2,1-2H3. The normalized spacial score (nSPS) is 26.1. The summed E-state index contributed by atoms with van der Waals surface area (Å²) in [7, 11) is 2.15. The van der Waals surface area contributed by atoms with Crippen molar-refractivity contribution in [3.63, 3.8) is 0 Å². The van der Waals surface area contributed by atoms with Gasteiger partial charge in [-0.1, -0.05) is 32.3 Å². The molecular formula is C16H27NS. The largest absolute Gasteiger partial charge is 0.317 e. The number of nitrogens with one attached hydrogen (secondary N) is 1. The number of hydrogen-bond donors (Lipinski definition) is 1. The van der Waals surface area contributed by atoms with Crippen molar-refractivity contribution in [2.24, 2.45) is 11.8 Å². The summed E-state index contributed by atoms with van der Waals surface area (Å²) in [6.45, 7) is 2.35. The third-order valence-corrected chi connectivity index (χ3v) is 5.56. The molecule has 3 atom stereocenters. The van der Waals surface area contributed by atoms with Gasteiger partial charge in [0.05, 0.1) is 0 Å². The molecule has 3 unspecified atom stereocenters. The summed E-state index contributed by atoms with van der Waals surface area (Å²) >= 11 is 1.90. The molecule has 0 saturated heterocycles. The van der Waals surface area contributed by atoms with Crippen LogP contribution in [-0.2, 0) is 6.42 Å². The van der Waals surface area contributed by atoms with E-state index in [2.05, 4.69) is 36.8 Å². The molecule has 0 amide bonds. The Morgan fingerprint density at radius 1 is 1.44 bits per heavy atom. The number of rotatable bonds is 6. The Morgan fingerprint density at radius 3 is 3.00 bits per heavy atom. The molecule has 1 saturated carbocycles. The van der Waals surface area contributed by atoms with Crippen molar-refractivity contribution in [3.8, 4) is 0 Å². The van der Waals surface area contributed by atoms with E-state index in [0.717, 1.165) is 17.9 Å². The van der Waals surface area contributed by atoms with Crippen LogP contribution in [0.25, 0.3) is 0 Å². The minimum absolute atomic E-state index is 0.724. The summed E-state index contributed by atoms with van der Waals surface area (Å²) in [5, 5.41) is 5.78. The second-order valence-electron chi connectivity index (χ2n) is 5.71. The van der Waals surface area contributed by atoms with Crippen LogP contribution < -0.4 is 5.32 Å². The summed E-state index contributed by atoms with van der Waals surface area (Å²) in [5.74, 6) is 1.90. The zero-order chi connectivity index (χ0) is 12.8. The van der Waals surface area contributed by atoms with Crippen LogP contribution in [0.4, 0.5) is 0 Å². The van der Waals surface area contributed by atoms with E-state index in [-0.39, 0.29) is 0 Å². The molecule has 0 spiro atoms. The van der Waals surface area contributed by atoms with Gasteiger partial charge in [0.1, 0.15) is 0 Å². The molecular weight excluding hydrogens is 238 g/mol. The van der Waals surface area contributed by atoms with Crippen LogP contribution in [0, 0.1) is 11.8 Å². The maximum Gasteiger partial charge on any atom is 0.00958 e. The molecule has 0 aliphatic heterocycles. The van der Waals surface area contributed by atoms with E-state index < -0.39 is 0 Å². The van der Waals surface area contributed by atoms with Gasteiger partial charge in [0.25, 0.3) is 0 Å². The number of aryl methyl sites for hydroxylation is 1. The summed E-state index contributed by atoms with van der Waals surface area (Å²) in [6, 6.07) is 5.16. The second-order valence-corrected chi connectivity index (χ2v) is 6.75. The van der Waals surface area contributed by atoms with Crippen LogP contribution in [0.15, 0.2) is 17.5 Å². The van der Waals surface area contributed by atoms with Gasteiger partial charge >= 0.3 is 0 Å². The average molecular weight is 265 g/mol. The van der Waals surface area contributed by atoms with Crippen LogP contribution in [0.1, 0.15) is 50.3 Å². The Morgan fingerprint density at radius 2 is 2.33 bits per heavy atom. The topological polar surface area (TPSA) is 12.0 Å². The minimum Gasteiger partial charge on any atom is -0.317 e. The van der Waals surface area contributed by atoms with Crippen molar-refractivity contribution in [1.29, 1.82) is 0 Å². The van der Waals surface area contributed by atoms with Crippen molar-refractivity contribution < 1.29 is 0 Å². The van der Waals surface area contributed by atoms with Gasteiger partial charge < -0.3 is 5.32 Å². The molecule has 1 N–H and O–H groups in total. The van der Waals surface area contributed by atoms with Gasteiger partial charge in [-0.05, 0) is 56.0 Å². The van der Waals surface area contributed by atoms with Crippen LogP contribution in [0.5, 0.6) is 0 Å². The average Bonchev–Trinajstić information content (AvgIpc) is 2.93. The van der Waals surface area contributed by atoms with Crippen molar-refractivity contribution >= 4 is 11.3 Å². The molecule has 102 valence electrons. The summed E-state index contributed by atoms with van der Waals surface area (Å²) < 4.78 is 0. The molecule has 1 nitrogen and oxygen atoms in total. The van der Waals surface area contributed by atoms with E-state index in [0.29, 0.717) is 0 Å². The first-order valence-corrected chi connectivity index (χ1v) is 8.41. The van der Waals surface area contributed by atoms with Gasteiger partial charge in [-0.15, -0.1) is 11.3 Å². The van der Waals surface area contributed by atoms with E-state index in [1.54, 1.807) is 0 Å². The molecule has 2 heteroatoms. The van der Waals surface area contributed by atoms with E-state index >= 15 is 0 Å². The van der Waals surface area contributed by atoms with Crippen LogP contribution in [-0.4, -0.2) is 13.1 Å². The highest BCUT2D eigenvalue weighted by atomic mass is 32.1. The van der Waals surface area contributed by atoms with Gasteiger partial charge in [-0.3, -0.25) is 0 Å². The third-order valence-electron chi connectivity index (χ3n) is 4.62. The van der Waals surface area contributed by atoms with Gasteiger partial charge in [-0.25, -0.2) is 0 Å². The Hall–Kier alpha value is -0.340. The smallest absolute Gasteiger partial charge is 0.00958 e. The van der Waals surface area contributed by atoms with Crippen molar-refractivity contribution in [2.75, 3.05) is 7.05 Å². The van der Waals surface area contributed by atoms with Crippen LogP contribution in [0.2, 0.25) is 0 Å². The molecule has 0 bridgehead atoms. The van der Waals surface area contributed by atoms with Gasteiger partial charge in [0.15, 0.2) is 0 Å². The molecule has 0 radical (unpaired) electrons. The van der Waals surface area contributed by atoms with Gasteiger partial charge in [0, 0.05) is 10.9 Å². The summed E-state index contributed by atoms with van der Waals surface area (Å²) in [5.41, 5.74) is 0. The fraction of sp³-hybridized carbons (Fsp3) is 0.750. The highest BCUT2D eigenvalue weighted by Gasteiger charge is 2.26. The van der Waals surface area contributed by atoms with E-state index in [1.165, 1.54) is 49.8 Å². The Labute approximate surface area is 116 Å². The zero-order valence-electron chi connectivity index (χ0n) is 11.8. The monoisotopic (exact) mass is 265 g/mol. The Balaban J connectivity index is 1.83. The molecule has 1 aliphatic carbocycles. The predicted octanol–water partition coefficient (Wildman–Crippen LogP) is 4.49. The first kappa shape index (κ1) is 14.1. The van der Waals surface area contributed by atoms with Gasteiger partial charge in [-0.2, -0.15) is 0 Å². The fourth-order valence-corrected chi connectivity index (χ4v) is 4.16. The highest BCUT2D eigenvalue weighted by Crippen LogP contribution is 2.34. The first-order valence-electron chi connectivity index (χ1n) is 7.53. The molecule has 1 aromatic heterocycles. The van der Waals surface area contributed by atoms with E-state index in [9.17, 15) is 0 Å². The lowest BCUT2D eigenvalue weighted by atomic mass is 9.76. The molecule has 1 fully saturated rings. The predicted molar refractivity (Wildman–Crippen MR) is 81.2 cm³/mol. The zero-order valence-corrected chi connectivity index (χ0v) is 12.6. The van der Waals surface area contributed by atoms with E-state index in [1.807, 2.05) is 11.3 Å². The summed E-state index contributed by atoms with van der Waals surface area (Å²) in [6.07, 6.45) is 9.72. The molecule has 1 aliphatic rings. The van der Waals surface area contributed by atoms with Crippen molar-refractivity contribution in [1.82, 2.24) is 5.32 Å². The molecule has 18 heavy (non-hydrogen) atoms. The minimum atomic E-state index is 0.724. The maximum absolute atomic E-state index is 3.58. The fourth-order valence-electron chi connectivity index (χ4n) is 3.44. The lowest BCUT2D eigenvalue weighted by Gasteiger charge is -2.34. The van der Waals surface area contributed by atoms with Gasteiger partial charge in [0.2, 0.25) is 0 Å². The van der Waals surface area contributed by atoms with Crippen molar-refractivity contribution in [3.05, 3.63) is 22.4 Å². The lowest BCUT2D eigenvalue weighted by molar-refractivity contribution is 0.207. The first-order chi connectivity index (χ1) is 8.83. The summed E-state index contributed by atoms with van der Waals surface area (Å²) in [4.78, 5) is 1.54.